The van der Waals surface area contributed by atoms with Crippen molar-refractivity contribution in [3.63, 3.8) is 0 Å². The lowest BCUT2D eigenvalue weighted by Gasteiger charge is -2.28. The van der Waals surface area contributed by atoms with Crippen LogP contribution in [0.1, 0.15) is 36.0 Å². The number of halogens is 1. The molecule has 2 heterocycles. The lowest BCUT2D eigenvalue weighted by atomic mass is 9.95. The van der Waals surface area contributed by atoms with Crippen LogP contribution < -0.4 is 5.32 Å². The Morgan fingerprint density at radius 3 is 3.05 bits per heavy atom. The number of alkyl halides is 1. The molecule has 1 aliphatic carbocycles. The fraction of sp³-hybridized carbons (Fsp3) is 0.429. The summed E-state index contributed by atoms with van der Waals surface area (Å²) in [5.74, 6) is -0.0300. The Morgan fingerprint density at radius 2 is 2.21 bits per heavy atom. The largest absolute Gasteiger partial charge is 0.348 e. The van der Waals surface area contributed by atoms with Crippen LogP contribution in [-0.2, 0) is 0 Å². The van der Waals surface area contributed by atoms with E-state index in [1.165, 1.54) is 12.8 Å². The summed E-state index contributed by atoms with van der Waals surface area (Å²) >= 11 is 3.66. The minimum absolute atomic E-state index is 0.0300. The molecule has 1 saturated carbocycles. The molecule has 0 aliphatic heterocycles. The van der Waals surface area contributed by atoms with E-state index in [2.05, 4.69) is 26.3 Å². The lowest BCUT2D eigenvalue weighted by molar-refractivity contribution is 0.0931. The number of carbonyl (C=O) groups is 1. The van der Waals surface area contributed by atoms with Crippen molar-refractivity contribution in [3.05, 3.63) is 36.2 Å². The normalized spacial score (nSPS) is 23.4. The average molecular weight is 322 g/mol. The average Bonchev–Trinajstić information content (AvgIpc) is 2.85. The molecule has 1 N–H and O–H groups in total. The monoisotopic (exact) mass is 321 g/mol. The first-order chi connectivity index (χ1) is 9.25. The predicted molar refractivity (Wildman–Crippen MR) is 77.6 cm³/mol. The number of carbonyl (C=O) groups excluding carboxylic acids is 1. The first kappa shape index (κ1) is 12.7. The molecule has 19 heavy (non-hydrogen) atoms. The zero-order valence-corrected chi connectivity index (χ0v) is 12.1. The van der Waals surface area contributed by atoms with Crippen molar-refractivity contribution in [2.75, 3.05) is 0 Å². The van der Waals surface area contributed by atoms with Gasteiger partial charge in [-0.15, -0.1) is 0 Å². The van der Waals surface area contributed by atoms with Gasteiger partial charge in [-0.25, -0.2) is 4.52 Å². The molecule has 5 heteroatoms. The van der Waals surface area contributed by atoms with Crippen LogP contribution in [0.2, 0.25) is 0 Å². The van der Waals surface area contributed by atoms with Crippen LogP contribution in [0.4, 0.5) is 0 Å². The molecule has 1 amide bonds. The van der Waals surface area contributed by atoms with Crippen LogP contribution in [0.25, 0.3) is 5.52 Å². The Morgan fingerprint density at radius 1 is 1.37 bits per heavy atom. The molecule has 0 aromatic carbocycles. The fourth-order valence-corrected chi connectivity index (χ4v) is 3.32. The number of rotatable bonds is 2. The summed E-state index contributed by atoms with van der Waals surface area (Å²) in [6.07, 6.45) is 8.07. The smallest absolute Gasteiger partial charge is 0.255 e. The first-order valence-electron chi connectivity index (χ1n) is 6.63. The number of nitrogens with zero attached hydrogens (tertiary/aromatic N) is 2. The number of hydrogen-bond acceptors (Lipinski definition) is 2. The third kappa shape index (κ3) is 2.52. The molecule has 2 aromatic rings. The van der Waals surface area contributed by atoms with Crippen molar-refractivity contribution >= 4 is 27.4 Å². The Labute approximate surface area is 120 Å². The van der Waals surface area contributed by atoms with E-state index in [0.29, 0.717) is 10.4 Å². The van der Waals surface area contributed by atoms with Crippen molar-refractivity contribution in [1.29, 1.82) is 0 Å². The van der Waals surface area contributed by atoms with Crippen LogP contribution in [0, 0.1) is 0 Å². The van der Waals surface area contributed by atoms with Crippen LogP contribution in [0.3, 0.4) is 0 Å². The van der Waals surface area contributed by atoms with E-state index in [0.717, 1.165) is 18.4 Å². The minimum Gasteiger partial charge on any atom is -0.348 e. The van der Waals surface area contributed by atoms with Crippen molar-refractivity contribution in [2.45, 2.75) is 36.6 Å². The molecule has 1 aliphatic rings. The Balaban J connectivity index is 1.80. The van der Waals surface area contributed by atoms with Gasteiger partial charge in [-0.2, -0.15) is 5.10 Å². The standard InChI is InChI=1S/C14H16BrN3O/c15-11-5-1-2-6-12(11)17-14(19)10-9-16-18-8-4-3-7-13(10)18/h3-4,7-9,11-12H,1-2,5-6H2,(H,17,19). The molecular formula is C14H16BrN3O. The molecule has 2 aromatic heterocycles. The van der Waals surface area contributed by atoms with Gasteiger partial charge < -0.3 is 5.32 Å². The lowest BCUT2D eigenvalue weighted by Crippen LogP contribution is -2.42. The Bertz CT molecular complexity index is 595. The molecule has 2 unspecified atom stereocenters. The topological polar surface area (TPSA) is 46.4 Å². The Hall–Kier alpha value is -1.36. The first-order valence-corrected chi connectivity index (χ1v) is 7.54. The van der Waals surface area contributed by atoms with Gasteiger partial charge in [0, 0.05) is 17.1 Å². The molecule has 0 spiro atoms. The fourth-order valence-electron chi connectivity index (χ4n) is 2.60. The summed E-state index contributed by atoms with van der Waals surface area (Å²) in [5, 5.41) is 7.32. The summed E-state index contributed by atoms with van der Waals surface area (Å²) in [6, 6.07) is 5.95. The highest BCUT2D eigenvalue weighted by Gasteiger charge is 2.25. The van der Waals surface area contributed by atoms with Crippen LogP contribution in [0.5, 0.6) is 0 Å². The zero-order chi connectivity index (χ0) is 13.2. The summed E-state index contributed by atoms with van der Waals surface area (Å²) in [5.41, 5.74) is 1.49. The van der Waals surface area contributed by atoms with Gasteiger partial charge in [0.05, 0.1) is 17.3 Å². The van der Waals surface area contributed by atoms with Crippen molar-refractivity contribution < 1.29 is 4.79 Å². The number of hydrogen-bond donors (Lipinski definition) is 1. The molecule has 3 rings (SSSR count). The highest BCUT2D eigenvalue weighted by Crippen LogP contribution is 2.25. The van der Waals surface area contributed by atoms with Crippen LogP contribution >= 0.6 is 15.9 Å². The summed E-state index contributed by atoms with van der Waals surface area (Å²) in [7, 11) is 0. The number of aromatic nitrogens is 2. The SMILES string of the molecule is O=C(NC1CCCCC1Br)c1cnn2ccccc12. The molecule has 4 nitrogen and oxygen atoms in total. The van der Waals surface area contributed by atoms with Crippen molar-refractivity contribution in [3.8, 4) is 0 Å². The molecule has 0 radical (unpaired) electrons. The second-order valence-electron chi connectivity index (χ2n) is 4.97. The minimum atomic E-state index is -0.0300. The van der Waals surface area contributed by atoms with E-state index in [-0.39, 0.29) is 11.9 Å². The second kappa shape index (κ2) is 5.33. The van der Waals surface area contributed by atoms with Crippen LogP contribution in [-0.4, -0.2) is 26.4 Å². The summed E-state index contributed by atoms with van der Waals surface area (Å²) in [6.45, 7) is 0. The van der Waals surface area contributed by atoms with Crippen molar-refractivity contribution in [1.82, 2.24) is 14.9 Å². The summed E-state index contributed by atoms with van der Waals surface area (Å²) in [4.78, 5) is 12.7. The quantitative estimate of drug-likeness (QED) is 0.864. The molecule has 2 atom stereocenters. The second-order valence-corrected chi connectivity index (χ2v) is 6.15. The zero-order valence-electron chi connectivity index (χ0n) is 10.6. The van der Waals surface area contributed by atoms with Gasteiger partial charge in [-0.05, 0) is 25.0 Å². The number of pyridine rings is 1. The molecular weight excluding hydrogens is 306 g/mol. The van der Waals surface area contributed by atoms with E-state index in [1.54, 1.807) is 10.7 Å². The van der Waals surface area contributed by atoms with Gasteiger partial charge >= 0.3 is 0 Å². The third-order valence-corrected chi connectivity index (χ3v) is 4.77. The number of fused-ring (bicyclic) bond motifs is 1. The summed E-state index contributed by atoms with van der Waals surface area (Å²) < 4.78 is 1.72. The maximum atomic E-state index is 12.3. The van der Waals surface area contributed by atoms with Gasteiger partial charge in [-0.3, -0.25) is 4.79 Å². The molecule has 0 bridgehead atoms. The van der Waals surface area contributed by atoms with Gasteiger partial charge in [0.1, 0.15) is 0 Å². The van der Waals surface area contributed by atoms with Gasteiger partial charge in [0.25, 0.3) is 5.91 Å². The number of nitrogens with one attached hydrogen (secondary N) is 1. The maximum absolute atomic E-state index is 12.3. The van der Waals surface area contributed by atoms with E-state index >= 15 is 0 Å². The van der Waals surface area contributed by atoms with E-state index in [4.69, 9.17) is 0 Å². The van der Waals surface area contributed by atoms with Gasteiger partial charge in [0.15, 0.2) is 0 Å². The molecule has 100 valence electrons. The van der Waals surface area contributed by atoms with Crippen LogP contribution in [0.15, 0.2) is 30.6 Å². The molecule has 0 saturated heterocycles. The van der Waals surface area contributed by atoms with E-state index in [1.807, 2.05) is 24.4 Å². The Kier molecular flexibility index (Phi) is 3.55. The highest BCUT2D eigenvalue weighted by atomic mass is 79.9. The van der Waals surface area contributed by atoms with E-state index < -0.39 is 0 Å². The number of amides is 1. The highest BCUT2D eigenvalue weighted by molar-refractivity contribution is 9.09. The van der Waals surface area contributed by atoms with Crippen molar-refractivity contribution in [2.24, 2.45) is 0 Å². The predicted octanol–water partition coefficient (Wildman–Crippen LogP) is 2.77. The van der Waals surface area contributed by atoms with Gasteiger partial charge in [-0.1, -0.05) is 34.8 Å². The van der Waals surface area contributed by atoms with E-state index in [9.17, 15) is 4.79 Å². The van der Waals surface area contributed by atoms with Gasteiger partial charge in [0.2, 0.25) is 0 Å². The maximum Gasteiger partial charge on any atom is 0.255 e. The third-order valence-electron chi connectivity index (χ3n) is 3.67. The molecule has 1 fully saturated rings.